The summed E-state index contributed by atoms with van der Waals surface area (Å²) in [6.45, 7) is 4.43. The van der Waals surface area contributed by atoms with Gasteiger partial charge in [0, 0.05) is 37.8 Å². The quantitative estimate of drug-likeness (QED) is 0.346. The van der Waals surface area contributed by atoms with Crippen molar-refractivity contribution >= 4 is 27.3 Å². The highest BCUT2D eigenvalue weighted by Gasteiger charge is 2.25. The highest BCUT2D eigenvalue weighted by molar-refractivity contribution is 7.89. The van der Waals surface area contributed by atoms with Crippen molar-refractivity contribution in [3.8, 4) is 0 Å². The monoisotopic (exact) mass is 420 g/mol. The number of sulfonamides is 1. The van der Waals surface area contributed by atoms with E-state index in [2.05, 4.69) is 10.6 Å². The van der Waals surface area contributed by atoms with Gasteiger partial charge in [-0.25, -0.2) is 8.42 Å². The fourth-order valence-electron chi connectivity index (χ4n) is 2.75. The molecule has 2 aromatic rings. The van der Waals surface area contributed by atoms with Gasteiger partial charge in [0.25, 0.3) is 11.6 Å². The Labute approximate surface area is 169 Å². The number of nitrogens with one attached hydrogen (secondary N) is 2. The zero-order valence-electron chi connectivity index (χ0n) is 16.3. The van der Waals surface area contributed by atoms with Crippen molar-refractivity contribution in [2.45, 2.75) is 18.7 Å². The fraction of sp³-hybridized carbons (Fsp3) is 0.316. The molecule has 0 aliphatic rings. The topological polar surface area (TPSA) is 122 Å². The van der Waals surface area contributed by atoms with Crippen molar-refractivity contribution in [1.29, 1.82) is 0 Å². The molecule has 0 atom stereocenters. The lowest BCUT2D eigenvalue weighted by molar-refractivity contribution is -0.384. The first-order chi connectivity index (χ1) is 13.8. The minimum atomic E-state index is -3.80. The van der Waals surface area contributed by atoms with Gasteiger partial charge in [0.15, 0.2) is 0 Å². The normalized spacial score (nSPS) is 11.3. The fourth-order valence-corrected chi connectivity index (χ4v) is 4.23. The van der Waals surface area contributed by atoms with Crippen LogP contribution in [-0.2, 0) is 10.0 Å². The third-order valence-electron chi connectivity index (χ3n) is 4.27. The van der Waals surface area contributed by atoms with Crippen LogP contribution in [0.1, 0.15) is 24.2 Å². The molecule has 0 fully saturated rings. The predicted molar refractivity (Wildman–Crippen MR) is 110 cm³/mol. The van der Waals surface area contributed by atoms with Gasteiger partial charge in [0.1, 0.15) is 5.69 Å². The number of benzene rings is 2. The lowest BCUT2D eigenvalue weighted by Crippen LogP contribution is -2.30. The van der Waals surface area contributed by atoms with E-state index < -0.39 is 14.9 Å². The molecule has 0 unspecified atom stereocenters. The van der Waals surface area contributed by atoms with Crippen molar-refractivity contribution in [1.82, 2.24) is 9.62 Å². The summed E-state index contributed by atoms with van der Waals surface area (Å²) in [6, 6.07) is 12.4. The largest absolute Gasteiger partial charge is 0.378 e. The van der Waals surface area contributed by atoms with E-state index in [4.69, 9.17) is 0 Å². The van der Waals surface area contributed by atoms with Crippen LogP contribution in [0.2, 0.25) is 0 Å². The number of hydrogen-bond acceptors (Lipinski definition) is 6. The molecule has 1 amide bonds. The summed E-state index contributed by atoms with van der Waals surface area (Å²) in [5, 5.41) is 17.0. The molecular weight excluding hydrogens is 396 g/mol. The highest BCUT2D eigenvalue weighted by atomic mass is 32.2. The second-order valence-corrected chi connectivity index (χ2v) is 8.01. The Morgan fingerprint density at radius 1 is 1.07 bits per heavy atom. The second kappa shape index (κ2) is 9.99. The SMILES string of the molecule is CCN(CC)S(=O)(=O)c1ccc(NCCNC(=O)c2ccccc2)c([N+](=O)[O-])c1. The Morgan fingerprint density at radius 2 is 1.72 bits per heavy atom. The summed E-state index contributed by atoms with van der Waals surface area (Å²) in [6.07, 6.45) is 0. The predicted octanol–water partition coefficient (Wildman–Crippen LogP) is 2.47. The summed E-state index contributed by atoms with van der Waals surface area (Å²) in [7, 11) is -3.80. The van der Waals surface area contributed by atoms with Crippen LogP contribution >= 0.6 is 0 Å². The molecule has 2 N–H and O–H groups in total. The molecule has 9 nitrogen and oxygen atoms in total. The first kappa shape index (κ1) is 22.3. The van der Waals surface area contributed by atoms with Crippen LogP contribution in [0.4, 0.5) is 11.4 Å². The van der Waals surface area contributed by atoms with E-state index in [0.29, 0.717) is 5.56 Å². The van der Waals surface area contributed by atoms with E-state index >= 15 is 0 Å². The number of carbonyl (C=O) groups excluding carboxylic acids is 1. The van der Waals surface area contributed by atoms with Crippen LogP contribution in [0.25, 0.3) is 0 Å². The van der Waals surface area contributed by atoms with Crippen LogP contribution in [0.5, 0.6) is 0 Å². The maximum atomic E-state index is 12.6. The minimum Gasteiger partial charge on any atom is -0.378 e. The molecule has 0 aliphatic heterocycles. The first-order valence-corrected chi connectivity index (χ1v) is 10.6. The summed E-state index contributed by atoms with van der Waals surface area (Å²) in [4.78, 5) is 22.7. The molecule has 2 rings (SSSR count). The van der Waals surface area contributed by atoms with Gasteiger partial charge in [-0.05, 0) is 24.3 Å². The van der Waals surface area contributed by atoms with Crippen molar-refractivity contribution < 1.29 is 18.1 Å². The summed E-state index contributed by atoms with van der Waals surface area (Å²) in [5.74, 6) is -0.248. The summed E-state index contributed by atoms with van der Waals surface area (Å²) < 4.78 is 26.4. The maximum Gasteiger partial charge on any atom is 0.293 e. The average Bonchev–Trinajstić information content (AvgIpc) is 2.72. The summed E-state index contributed by atoms with van der Waals surface area (Å²) >= 11 is 0. The third-order valence-corrected chi connectivity index (χ3v) is 6.32. The molecule has 0 bridgehead atoms. The Hall–Kier alpha value is -2.98. The van der Waals surface area contributed by atoms with E-state index in [9.17, 15) is 23.3 Å². The number of nitro benzene ring substituents is 1. The molecule has 0 saturated heterocycles. The standard InChI is InChI=1S/C19H24N4O5S/c1-3-22(4-2)29(27,28)16-10-11-17(18(14-16)23(25)26)20-12-13-21-19(24)15-8-6-5-7-9-15/h5-11,14,20H,3-4,12-13H2,1-2H3,(H,21,24). The van der Waals surface area contributed by atoms with Crippen LogP contribution in [-0.4, -0.2) is 49.7 Å². The van der Waals surface area contributed by atoms with E-state index in [1.807, 2.05) is 6.07 Å². The van der Waals surface area contributed by atoms with Crippen molar-refractivity contribution in [3.63, 3.8) is 0 Å². The highest BCUT2D eigenvalue weighted by Crippen LogP contribution is 2.28. The van der Waals surface area contributed by atoms with Gasteiger partial charge < -0.3 is 10.6 Å². The molecule has 156 valence electrons. The van der Waals surface area contributed by atoms with E-state index in [-0.39, 0.29) is 48.4 Å². The molecule has 0 aromatic heterocycles. The first-order valence-electron chi connectivity index (χ1n) is 9.17. The number of rotatable bonds is 10. The number of nitrogens with zero attached hydrogens (tertiary/aromatic N) is 2. The zero-order valence-corrected chi connectivity index (χ0v) is 17.1. The third kappa shape index (κ3) is 5.52. The van der Waals surface area contributed by atoms with Gasteiger partial charge >= 0.3 is 0 Å². The number of nitro groups is 1. The lowest BCUT2D eigenvalue weighted by Gasteiger charge is -2.18. The molecule has 10 heteroatoms. The Morgan fingerprint density at radius 3 is 2.31 bits per heavy atom. The molecule has 0 spiro atoms. The molecule has 0 saturated carbocycles. The number of hydrogen-bond donors (Lipinski definition) is 2. The number of amides is 1. The van der Waals surface area contributed by atoms with Gasteiger partial charge in [-0.15, -0.1) is 0 Å². The molecule has 0 aliphatic carbocycles. The van der Waals surface area contributed by atoms with Crippen molar-refractivity contribution in [2.75, 3.05) is 31.5 Å². The smallest absolute Gasteiger partial charge is 0.293 e. The number of anilines is 1. The van der Waals surface area contributed by atoms with E-state index in [1.54, 1.807) is 38.1 Å². The average molecular weight is 420 g/mol. The van der Waals surface area contributed by atoms with Gasteiger partial charge in [-0.2, -0.15) is 4.31 Å². The van der Waals surface area contributed by atoms with E-state index in [0.717, 1.165) is 6.07 Å². The van der Waals surface area contributed by atoms with Gasteiger partial charge in [0.05, 0.1) is 9.82 Å². The Bertz CT molecular complexity index is 960. The van der Waals surface area contributed by atoms with Crippen LogP contribution in [0, 0.1) is 10.1 Å². The molecule has 29 heavy (non-hydrogen) atoms. The minimum absolute atomic E-state index is 0.129. The Kier molecular flexibility index (Phi) is 7.68. The van der Waals surface area contributed by atoms with E-state index in [1.165, 1.54) is 16.4 Å². The van der Waals surface area contributed by atoms with Crippen LogP contribution in [0.15, 0.2) is 53.4 Å². The Balaban J connectivity index is 2.07. The second-order valence-electron chi connectivity index (χ2n) is 6.07. The molecule has 2 aromatic carbocycles. The molecular formula is C19H24N4O5S. The zero-order chi connectivity index (χ0) is 21.4. The van der Waals surface area contributed by atoms with Gasteiger partial charge in [0.2, 0.25) is 10.0 Å². The maximum absolute atomic E-state index is 12.6. The van der Waals surface area contributed by atoms with Crippen molar-refractivity contribution in [2.24, 2.45) is 0 Å². The van der Waals surface area contributed by atoms with Gasteiger partial charge in [-0.3, -0.25) is 14.9 Å². The summed E-state index contributed by atoms with van der Waals surface area (Å²) in [5.41, 5.74) is 0.361. The molecule has 0 radical (unpaired) electrons. The van der Waals surface area contributed by atoms with Gasteiger partial charge in [-0.1, -0.05) is 32.0 Å². The number of carbonyl (C=O) groups is 1. The molecule has 0 heterocycles. The lowest BCUT2D eigenvalue weighted by atomic mass is 10.2. The van der Waals surface area contributed by atoms with Crippen LogP contribution < -0.4 is 10.6 Å². The van der Waals surface area contributed by atoms with Crippen LogP contribution in [0.3, 0.4) is 0 Å². The van der Waals surface area contributed by atoms with Crippen molar-refractivity contribution in [3.05, 3.63) is 64.2 Å².